The summed E-state index contributed by atoms with van der Waals surface area (Å²) < 4.78 is 0. The summed E-state index contributed by atoms with van der Waals surface area (Å²) in [4.78, 5) is 2.57. The molecule has 2 atom stereocenters. The monoisotopic (exact) mass is 272 g/mol. The van der Waals surface area contributed by atoms with Crippen molar-refractivity contribution in [2.45, 2.75) is 64.5 Å². The zero-order valence-corrected chi connectivity index (χ0v) is 13.4. The molecule has 0 bridgehead atoms. The lowest BCUT2D eigenvalue weighted by molar-refractivity contribution is 0.207. The van der Waals surface area contributed by atoms with Crippen molar-refractivity contribution in [2.24, 2.45) is 0 Å². The van der Waals surface area contributed by atoms with Gasteiger partial charge in [-0.05, 0) is 20.0 Å². The van der Waals surface area contributed by atoms with Crippen molar-refractivity contribution < 1.29 is 0 Å². The molecule has 1 aliphatic rings. The molecule has 1 N–H and O–H groups in total. The van der Waals surface area contributed by atoms with Gasteiger partial charge in [0.15, 0.2) is 0 Å². The summed E-state index contributed by atoms with van der Waals surface area (Å²) in [6, 6.07) is 1.45. The normalized spacial score (nSPS) is 23.2. The van der Waals surface area contributed by atoms with E-state index in [9.17, 15) is 0 Å². The lowest BCUT2D eigenvalue weighted by Crippen LogP contribution is -2.52. The van der Waals surface area contributed by atoms with E-state index in [0.29, 0.717) is 6.04 Å². The van der Waals surface area contributed by atoms with Crippen LogP contribution in [-0.2, 0) is 0 Å². The van der Waals surface area contributed by atoms with Gasteiger partial charge in [-0.15, -0.1) is 0 Å². The highest BCUT2D eigenvalue weighted by molar-refractivity contribution is 7.99. The lowest BCUT2D eigenvalue weighted by atomic mass is 10.00. The third kappa shape index (κ3) is 5.94. The van der Waals surface area contributed by atoms with Crippen LogP contribution >= 0.6 is 11.8 Å². The van der Waals surface area contributed by atoms with Gasteiger partial charge in [-0.2, -0.15) is 11.8 Å². The smallest absolute Gasteiger partial charge is 0.0337 e. The van der Waals surface area contributed by atoms with Gasteiger partial charge >= 0.3 is 0 Å². The summed E-state index contributed by atoms with van der Waals surface area (Å²) in [5.41, 5.74) is 0. The Hall–Kier alpha value is 0.270. The first-order valence-electron chi connectivity index (χ1n) is 7.81. The van der Waals surface area contributed by atoms with E-state index in [2.05, 4.69) is 42.9 Å². The fourth-order valence-electron chi connectivity index (χ4n) is 2.79. The summed E-state index contributed by atoms with van der Waals surface area (Å²) in [5, 5.41) is 3.72. The molecular weight excluding hydrogens is 240 g/mol. The van der Waals surface area contributed by atoms with Crippen LogP contribution in [0.1, 0.15) is 52.4 Å². The molecule has 1 fully saturated rings. The van der Waals surface area contributed by atoms with Gasteiger partial charge in [0, 0.05) is 30.1 Å². The highest BCUT2D eigenvalue weighted by Crippen LogP contribution is 2.20. The summed E-state index contributed by atoms with van der Waals surface area (Å²) in [5.74, 6) is 2.62. The van der Waals surface area contributed by atoms with Gasteiger partial charge < -0.3 is 10.2 Å². The minimum atomic E-state index is 0.703. The number of nitrogens with one attached hydrogen (secondary N) is 1. The number of hydrogen-bond acceptors (Lipinski definition) is 3. The number of hydrogen-bond donors (Lipinski definition) is 1. The summed E-state index contributed by atoms with van der Waals surface area (Å²) in [7, 11) is 2.30. The quantitative estimate of drug-likeness (QED) is 0.648. The molecule has 3 heteroatoms. The average Bonchev–Trinajstić information content (AvgIpc) is 2.38. The maximum absolute atomic E-state index is 3.72. The highest BCUT2D eigenvalue weighted by Gasteiger charge is 2.26. The SMILES string of the molecule is CCCCCCCC(NCC)C1CSCCN1C. The molecule has 0 aromatic heterocycles. The van der Waals surface area contributed by atoms with E-state index in [-0.39, 0.29) is 0 Å². The van der Waals surface area contributed by atoms with Crippen molar-refractivity contribution in [3.05, 3.63) is 0 Å². The van der Waals surface area contributed by atoms with Crippen LogP contribution in [0.4, 0.5) is 0 Å². The van der Waals surface area contributed by atoms with Crippen LogP contribution in [0.2, 0.25) is 0 Å². The predicted molar refractivity (Wildman–Crippen MR) is 84.6 cm³/mol. The topological polar surface area (TPSA) is 15.3 Å². The van der Waals surface area contributed by atoms with E-state index in [1.165, 1.54) is 56.6 Å². The third-order valence-corrected chi connectivity index (χ3v) is 5.04. The number of likely N-dealkylation sites (N-methyl/N-ethyl adjacent to an activating group) is 2. The first kappa shape index (κ1) is 16.3. The van der Waals surface area contributed by atoms with Gasteiger partial charge in [-0.3, -0.25) is 0 Å². The molecular formula is C15H32N2S. The van der Waals surface area contributed by atoms with Gasteiger partial charge in [0.05, 0.1) is 0 Å². The first-order valence-corrected chi connectivity index (χ1v) is 8.96. The van der Waals surface area contributed by atoms with E-state index in [0.717, 1.165) is 12.6 Å². The Morgan fingerprint density at radius 1 is 1.22 bits per heavy atom. The predicted octanol–water partition coefficient (Wildman–Crippen LogP) is 3.37. The van der Waals surface area contributed by atoms with Gasteiger partial charge in [0.2, 0.25) is 0 Å². The second kappa shape index (κ2) is 10.1. The van der Waals surface area contributed by atoms with Crippen LogP contribution in [0.3, 0.4) is 0 Å². The van der Waals surface area contributed by atoms with E-state index >= 15 is 0 Å². The number of nitrogens with zero attached hydrogens (tertiary/aromatic N) is 1. The Kier molecular flexibility index (Phi) is 9.16. The minimum Gasteiger partial charge on any atom is -0.313 e. The lowest BCUT2D eigenvalue weighted by Gasteiger charge is -2.38. The fourth-order valence-corrected chi connectivity index (χ4v) is 4.10. The largest absolute Gasteiger partial charge is 0.313 e. The van der Waals surface area contributed by atoms with E-state index in [4.69, 9.17) is 0 Å². The van der Waals surface area contributed by atoms with Crippen LogP contribution in [0.25, 0.3) is 0 Å². The molecule has 2 unspecified atom stereocenters. The Balaban J connectivity index is 2.28. The highest BCUT2D eigenvalue weighted by atomic mass is 32.2. The van der Waals surface area contributed by atoms with Crippen molar-refractivity contribution in [3.63, 3.8) is 0 Å². The van der Waals surface area contributed by atoms with Gasteiger partial charge in [-0.1, -0.05) is 46.0 Å². The van der Waals surface area contributed by atoms with Gasteiger partial charge in [0.25, 0.3) is 0 Å². The second-order valence-corrected chi connectivity index (χ2v) is 6.64. The molecule has 0 saturated carbocycles. The van der Waals surface area contributed by atoms with Crippen LogP contribution < -0.4 is 5.32 Å². The first-order chi connectivity index (χ1) is 8.79. The van der Waals surface area contributed by atoms with Crippen LogP contribution in [0.15, 0.2) is 0 Å². The van der Waals surface area contributed by atoms with Gasteiger partial charge in [-0.25, -0.2) is 0 Å². The fraction of sp³-hybridized carbons (Fsp3) is 1.00. The summed E-state index contributed by atoms with van der Waals surface area (Å²) >= 11 is 2.13. The van der Waals surface area contributed by atoms with Crippen LogP contribution in [-0.4, -0.2) is 48.6 Å². The second-order valence-electron chi connectivity index (χ2n) is 5.49. The number of thioether (sulfide) groups is 1. The zero-order valence-electron chi connectivity index (χ0n) is 12.6. The molecule has 0 aliphatic carbocycles. The standard InChI is InChI=1S/C15H32N2S/c1-4-6-7-8-9-10-14(16-5-2)15-13-18-12-11-17(15)3/h14-16H,4-13H2,1-3H3. The molecule has 2 nitrogen and oxygen atoms in total. The molecule has 18 heavy (non-hydrogen) atoms. The molecule has 1 saturated heterocycles. The molecule has 1 aliphatic heterocycles. The minimum absolute atomic E-state index is 0.703. The maximum atomic E-state index is 3.72. The molecule has 0 amide bonds. The molecule has 1 rings (SSSR count). The molecule has 0 radical (unpaired) electrons. The van der Waals surface area contributed by atoms with Gasteiger partial charge in [0.1, 0.15) is 0 Å². The maximum Gasteiger partial charge on any atom is 0.0337 e. The van der Waals surface area contributed by atoms with Crippen molar-refractivity contribution >= 4 is 11.8 Å². The Bertz CT molecular complexity index is 199. The zero-order chi connectivity index (χ0) is 13.2. The molecule has 0 aromatic rings. The summed E-state index contributed by atoms with van der Waals surface area (Å²) in [6.45, 7) is 6.89. The van der Waals surface area contributed by atoms with Crippen LogP contribution in [0, 0.1) is 0 Å². The van der Waals surface area contributed by atoms with E-state index in [1.807, 2.05) is 0 Å². The summed E-state index contributed by atoms with van der Waals surface area (Å²) in [6.07, 6.45) is 8.34. The Morgan fingerprint density at radius 2 is 2.00 bits per heavy atom. The average molecular weight is 273 g/mol. The number of rotatable bonds is 9. The molecule has 0 spiro atoms. The van der Waals surface area contributed by atoms with Crippen molar-refractivity contribution in [2.75, 3.05) is 31.6 Å². The van der Waals surface area contributed by atoms with E-state index in [1.54, 1.807) is 0 Å². The van der Waals surface area contributed by atoms with Crippen molar-refractivity contribution in [1.82, 2.24) is 10.2 Å². The van der Waals surface area contributed by atoms with E-state index < -0.39 is 0 Å². The Morgan fingerprint density at radius 3 is 2.67 bits per heavy atom. The number of unbranched alkanes of at least 4 members (excludes halogenated alkanes) is 4. The Labute approximate surface area is 118 Å². The van der Waals surface area contributed by atoms with Crippen molar-refractivity contribution in [3.8, 4) is 0 Å². The third-order valence-electron chi connectivity index (χ3n) is 3.99. The molecule has 0 aromatic carbocycles. The molecule has 108 valence electrons. The molecule has 1 heterocycles. The van der Waals surface area contributed by atoms with Crippen LogP contribution in [0.5, 0.6) is 0 Å². The van der Waals surface area contributed by atoms with Crippen molar-refractivity contribution in [1.29, 1.82) is 0 Å².